The highest BCUT2D eigenvalue weighted by molar-refractivity contribution is 8.00. The average molecular weight is 435 g/mol. The molecule has 11 heteroatoms. The second kappa shape index (κ2) is 8.33. The molecule has 0 radical (unpaired) electrons. The lowest BCUT2D eigenvalue weighted by Crippen LogP contribution is -2.23. The van der Waals surface area contributed by atoms with E-state index in [1.54, 1.807) is 0 Å². The molecule has 0 aliphatic rings. The van der Waals surface area contributed by atoms with Gasteiger partial charge in [0.1, 0.15) is 11.1 Å². The summed E-state index contributed by atoms with van der Waals surface area (Å²) in [5.74, 6) is -0.510. The average Bonchev–Trinajstić information content (AvgIpc) is 2.56. The second-order valence-electron chi connectivity index (χ2n) is 5.33. The highest BCUT2D eigenvalue weighted by Crippen LogP contribution is 2.37. The lowest BCUT2D eigenvalue weighted by Gasteiger charge is -2.16. The molecule has 0 aliphatic carbocycles. The van der Waals surface area contributed by atoms with Gasteiger partial charge in [-0.25, -0.2) is 9.97 Å². The van der Waals surface area contributed by atoms with E-state index in [2.05, 4.69) is 15.3 Å². The van der Waals surface area contributed by atoms with Gasteiger partial charge in [-0.2, -0.15) is 18.4 Å². The molecule has 0 aliphatic heterocycles. The van der Waals surface area contributed by atoms with Gasteiger partial charge in [0.25, 0.3) is 0 Å². The molecule has 5 nitrogen and oxygen atoms in total. The molecule has 2 aromatic rings. The molecular formula is C16H11Cl2F3N4OS. The van der Waals surface area contributed by atoms with Gasteiger partial charge in [-0.05, 0) is 26.0 Å². The van der Waals surface area contributed by atoms with Gasteiger partial charge in [0.15, 0.2) is 5.82 Å². The summed E-state index contributed by atoms with van der Waals surface area (Å²) in [4.78, 5) is 20.2. The number of pyridine rings is 2. The van der Waals surface area contributed by atoms with Gasteiger partial charge < -0.3 is 5.32 Å². The van der Waals surface area contributed by atoms with Crippen molar-refractivity contribution in [2.75, 3.05) is 5.32 Å². The van der Waals surface area contributed by atoms with Crippen LogP contribution in [0.1, 0.15) is 23.7 Å². The van der Waals surface area contributed by atoms with E-state index in [-0.39, 0.29) is 26.6 Å². The van der Waals surface area contributed by atoms with E-state index in [9.17, 15) is 18.0 Å². The summed E-state index contributed by atoms with van der Waals surface area (Å²) < 4.78 is 39.5. The SMILES string of the molecule is Cc1cc(C(F)(F)F)c(C#N)c(SC(C)C(=O)Nc2ncc(Cl)cc2Cl)n1. The van der Waals surface area contributed by atoms with Crippen LogP contribution in [0.15, 0.2) is 23.4 Å². The summed E-state index contributed by atoms with van der Waals surface area (Å²) in [6.07, 6.45) is -3.42. The fraction of sp³-hybridized carbons (Fsp3) is 0.250. The van der Waals surface area contributed by atoms with E-state index < -0.39 is 28.5 Å². The summed E-state index contributed by atoms with van der Waals surface area (Å²) in [5.41, 5.74) is -1.63. The van der Waals surface area contributed by atoms with Gasteiger partial charge in [0.05, 0.1) is 26.4 Å². The van der Waals surface area contributed by atoms with Crippen LogP contribution in [-0.2, 0) is 11.0 Å². The van der Waals surface area contributed by atoms with Crippen LogP contribution in [0, 0.1) is 18.3 Å². The number of amides is 1. The Morgan fingerprint density at radius 3 is 2.59 bits per heavy atom. The standard InChI is InChI=1S/C16H11Cl2F3N4OS/c1-7-3-11(16(19,20)21)10(5-22)15(24-7)27-8(2)14(26)25-13-12(18)4-9(17)6-23-13/h3-4,6,8H,1-2H3,(H,23,25,26). The molecule has 0 fully saturated rings. The number of nitrogens with one attached hydrogen (secondary N) is 1. The maximum Gasteiger partial charge on any atom is 0.417 e. The zero-order chi connectivity index (χ0) is 20.4. The fourth-order valence-electron chi connectivity index (χ4n) is 2.01. The quantitative estimate of drug-likeness (QED) is 0.676. The summed E-state index contributed by atoms with van der Waals surface area (Å²) in [6.45, 7) is 2.84. The van der Waals surface area contributed by atoms with Crippen molar-refractivity contribution >= 4 is 46.7 Å². The first-order valence-electron chi connectivity index (χ1n) is 7.30. The lowest BCUT2D eigenvalue weighted by molar-refractivity contribution is -0.138. The molecule has 2 aromatic heterocycles. The fourth-order valence-corrected chi connectivity index (χ4v) is 3.41. The summed E-state index contributed by atoms with van der Waals surface area (Å²) >= 11 is 12.4. The third-order valence-corrected chi connectivity index (χ3v) is 4.82. The van der Waals surface area contributed by atoms with Crippen molar-refractivity contribution in [3.8, 4) is 6.07 Å². The van der Waals surface area contributed by atoms with Gasteiger partial charge in [-0.1, -0.05) is 35.0 Å². The van der Waals surface area contributed by atoms with Gasteiger partial charge in [0, 0.05) is 11.9 Å². The Morgan fingerprint density at radius 2 is 2.04 bits per heavy atom. The third-order valence-electron chi connectivity index (χ3n) is 3.24. The van der Waals surface area contributed by atoms with Crippen molar-refractivity contribution < 1.29 is 18.0 Å². The van der Waals surface area contributed by atoms with E-state index in [1.165, 1.54) is 32.2 Å². The number of anilines is 1. The number of rotatable bonds is 4. The Bertz CT molecular complexity index is 931. The number of halogens is 5. The van der Waals surface area contributed by atoms with E-state index in [1.807, 2.05) is 0 Å². The van der Waals surface area contributed by atoms with Crippen LogP contribution in [0.25, 0.3) is 0 Å². The van der Waals surface area contributed by atoms with Crippen molar-refractivity contribution in [1.82, 2.24) is 9.97 Å². The van der Waals surface area contributed by atoms with Gasteiger partial charge in [-0.3, -0.25) is 4.79 Å². The van der Waals surface area contributed by atoms with Crippen molar-refractivity contribution in [3.05, 3.63) is 45.2 Å². The molecule has 0 spiro atoms. The first kappa shape index (κ1) is 21.3. The zero-order valence-electron chi connectivity index (χ0n) is 13.9. The molecule has 2 heterocycles. The van der Waals surface area contributed by atoms with Crippen LogP contribution < -0.4 is 5.32 Å². The minimum atomic E-state index is -4.71. The Balaban J connectivity index is 2.27. The molecule has 27 heavy (non-hydrogen) atoms. The predicted octanol–water partition coefficient (Wildman–Crippen LogP) is 5.10. The highest BCUT2D eigenvalue weighted by atomic mass is 35.5. The van der Waals surface area contributed by atoms with Crippen LogP contribution in [-0.4, -0.2) is 21.1 Å². The minimum Gasteiger partial charge on any atom is -0.308 e. The van der Waals surface area contributed by atoms with Gasteiger partial charge >= 0.3 is 6.18 Å². The van der Waals surface area contributed by atoms with E-state index in [0.29, 0.717) is 0 Å². The van der Waals surface area contributed by atoms with Crippen LogP contribution in [0.2, 0.25) is 10.0 Å². The molecule has 1 amide bonds. The number of nitrogens with zero attached hydrogens (tertiary/aromatic N) is 3. The molecule has 0 bridgehead atoms. The van der Waals surface area contributed by atoms with Crippen molar-refractivity contribution in [1.29, 1.82) is 5.26 Å². The maximum atomic E-state index is 13.2. The number of alkyl halides is 3. The molecule has 142 valence electrons. The first-order chi connectivity index (χ1) is 12.5. The predicted molar refractivity (Wildman–Crippen MR) is 96.9 cm³/mol. The number of thioether (sulfide) groups is 1. The first-order valence-corrected chi connectivity index (χ1v) is 8.94. The number of nitriles is 1. The summed E-state index contributed by atoms with van der Waals surface area (Å²) in [6, 6.07) is 3.70. The van der Waals surface area contributed by atoms with Crippen molar-refractivity contribution in [2.45, 2.75) is 30.3 Å². The van der Waals surface area contributed by atoms with Crippen LogP contribution in [0.3, 0.4) is 0 Å². The normalized spacial score (nSPS) is 12.4. The van der Waals surface area contributed by atoms with Crippen molar-refractivity contribution in [2.24, 2.45) is 0 Å². The van der Waals surface area contributed by atoms with Crippen LogP contribution in [0.5, 0.6) is 0 Å². The molecule has 2 rings (SSSR count). The second-order valence-corrected chi connectivity index (χ2v) is 7.51. The highest BCUT2D eigenvalue weighted by Gasteiger charge is 2.36. The number of hydrogen-bond acceptors (Lipinski definition) is 5. The Morgan fingerprint density at radius 1 is 1.37 bits per heavy atom. The molecule has 1 atom stereocenters. The van der Waals surface area contributed by atoms with Gasteiger partial charge in [0.2, 0.25) is 5.91 Å². The lowest BCUT2D eigenvalue weighted by atomic mass is 10.1. The van der Waals surface area contributed by atoms with Gasteiger partial charge in [-0.15, -0.1) is 0 Å². The number of hydrogen-bond donors (Lipinski definition) is 1. The Hall–Kier alpha value is -2.02. The third kappa shape index (κ3) is 5.25. The molecule has 1 unspecified atom stereocenters. The molecule has 0 saturated carbocycles. The van der Waals surface area contributed by atoms with Crippen LogP contribution in [0.4, 0.5) is 19.0 Å². The number of aromatic nitrogens is 2. The topological polar surface area (TPSA) is 78.7 Å². The monoisotopic (exact) mass is 434 g/mol. The maximum absolute atomic E-state index is 13.2. The number of aryl methyl sites for hydroxylation is 1. The number of carbonyl (C=O) groups excluding carboxylic acids is 1. The Kier molecular flexibility index (Phi) is 6.57. The van der Waals surface area contributed by atoms with E-state index in [4.69, 9.17) is 28.5 Å². The summed E-state index contributed by atoms with van der Waals surface area (Å²) in [7, 11) is 0. The molecule has 1 N–H and O–H groups in total. The van der Waals surface area contributed by atoms with Crippen LogP contribution >= 0.6 is 35.0 Å². The zero-order valence-corrected chi connectivity index (χ0v) is 16.2. The summed E-state index contributed by atoms with van der Waals surface area (Å²) in [5, 5.41) is 11.0. The molecular weight excluding hydrogens is 424 g/mol. The largest absolute Gasteiger partial charge is 0.417 e. The van der Waals surface area contributed by atoms with E-state index >= 15 is 0 Å². The molecule has 0 saturated heterocycles. The molecule has 0 aromatic carbocycles. The smallest absolute Gasteiger partial charge is 0.308 e. The van der Waals surface area contributed by atoms with E-state index in [0.717, 1.165) is 17.8 Å². The minimum absolute atomic E-state index is 0.0622. The number of carbonyl (C=O) groups is 1. The Labute approximate surface area is 166 Å². The van der Waals surface area contributed by atoms with Crippen molar-refractivity contribution in [3.63, 3.8) is 0 Å².